The van der Waals surface area contributed by atoms with Crippen LogP contribution in [0.15, 0.2) is 4.79 Å². The van der Waals surface area contributed by atoms with E-state index in [1.165, 1.54) is 6.42 Å². The predicted molar refractivity (Wildman–Crippen MR) is 124 cm³/mol. The van der Waals surface area contributed by atoms with Crippen molar-refractivity contribution in [1.29, 1.82) is 0 Å². The van der Waals surface area contributed by atoms with Crippen LogP contribution >= 0.6 is 0 Å². The number of piperidine rings is 2. The van der Waals surface area contributed by atoms with E-state index >= 15 is 0 Å². The Morgan fingerprint density at radius 1 is 1.09 bits per heavy atom. The van der Waals surface area contributed by atoms with Crippen molar-refractivity contribution in [3.05, 3.63) is 10.4 Å². The van der Waals surface area contributed by atoms with Crippen LogP contribution in [-0.2, 0) is 23.1 Å². The maximum Gasteiger partial charge on any atom is 0.310 e. The van der Waals surface area contributed by atoms with Crippen molar-refractivity contribution in [2.75, 3.05) is 42.6 Å². The molecule has 2 aromatic rings. The Morgan fingerprint density at radius 2 is 1.81 bits per heavy atom. The van der Waals surface area contributed by atoms with Gasteiger partial charge in [-0.15, -0.1) is 5.92 Å². The zero-order valence-corrected chi connectivity index (χ0v) is 19.3. The zero-order valence-electron chi connectivity index (χ0n) is 19.3. The summed E-state index contributed by atoms with van der Waals surface area (Å²) < 4.78 is 8.71. The monoisotopic (exact) mass is 440 g/mol. The van der Waals surface area contributed by atoms with Gasteiger partial charge in [-0.3, -0.25) is 18.7 Å². The number of carbonyl (C=O) groups excluding carboxylic acids is 1. The molecule has 0 saturated carbocycles. The molecule has 2 fully saturated rings. The number of hydrogen-bond donors (Lipinski definition) is 0. The van der Waals surface area contributed by atoms with Crippen LogP contribution in [0.3, 0.4) is 0 Å². The van der Waals surface area contributed by atoms with E-state index in [0.717, 1.165) is 51.3 Å². The number of anilines is 2. The Balaban J connectivity index is 1.75. The molecule has 2 saturated heterocycles. The van der Waals surface area contributed by atoms with E-state index in [4.69, 9.17) is 14.7 Å². The summed E-state index contributed by atoms with van der Waals surface area (Å²) in [6.07, 6.45) is 5.07. The molecule has 0 aliphatic carbocycles. The lowest BCUT2D eigenvalue weighted by Crippen LogP contribution is -2.42. The molecule has 0 amide bonds. The third-order valence-corrected chi connectivity index (χ3v) is 6.32. The van der Waals surface area contributed by atoms with Crippen LogP contribution in [0.25, 0.3) is 11.2 Å². The number of esters is 1. The van der Waals surface area contributed by atoms with Gasteiger partial charge >= 0.3 is 5.97 Å². The first-order chi connectivity index (χ1) is 15.5. The highest BCUT2D eigenvalue weighted by Crippen LogP contribution is 2.26. The van der Waals surface area contributed by atoms with E-state index in [0.29, 0.717) is 36.8 Å². The van der Waals surface area contributed by atoms with Crippen LogP contribution in [-0.4, -0.2) is 57.9 Å². The first kappa shape index (κ1) is 22.2. The Morgan fingerprint density at radius 3 is 2.53 bits per heavy atom. The first-order valence-electron chi connectivity index (χ1n) is 11.6. The summed E-state index contributed by atoms with van der Waals surface area (Å²) in [6.45, 7) is 7.46. The molecule has 4 rings (SSSR count). The van der Waals surface area contributed by atoms with Gasteiger partial charge in [0.15, 0.2) is 11.2 Å². The van der Waals surface area contributed by atoms with Gasteiger partial charge in [-0.1, -0.05) is 5.92 Å². The second-order valence-corrected chi connectivity index (χ2v) is 8.46. The smallest absolute Gasteiger partial charge is 0.310 e. The van der Waals surface area contributed by atoms with Crippen molar-refractivity contribution >= 4 is 29.0 Å². The summed E-state index contributed by atoms with van der Waals surface area (Å²) in [5.41, 5.74) is 0.787. The quantitative estimate of drug-likeness (QED) is 0.519. The van der Waals surface area contributed by atoms with E-state index < -0.39 is 0 Å². The van der Waals surface area contributed by atoms with Gasteiger partial charge in [0, 0.05) is 33.2 Å². The second-order valence-electron chi connectivity index (χ2n) is 8.46. The molecular weight excluding hydrogens is 408 g/mol. The number of imidazole rings is 1. The number of aromatic nitrogens is 4. The van der Waals surface area contributed by atoms with E-state index in [9.17, 15) is 9.59 Å². The van der Waals surface area contributed by atoms with Gasteiger partial charge in [0.05, 0.1) is 19.1 Å². The third-order valence-electron chi connectivity index (χ3n) is 6.32. The van der Waals surface area contributed by atoms with Crippen LogP contribution in [0, 0.1) is 17.8 Å². The first-order valence-corrected chi connectivity index (χ1v) is 11.6. The zero-order chi connectivity index (χ0) is 22.7. The Labute approximate surface area is 188 Å². The van der Waals surface area contributed by atoms with Gasteiger partial charge in [0.1, 0.15) is 0 Å². The van der Waals surface area contributed by atoms with Gasteiger partial charge in [-0.25, -0.2) is 0 Å². The fourth-order valence-corrected chi connectivity index (χ4v) is 4.67. The van der Waals surface area contributed by atoms with Crippen molar-refractivity contribution < 1.29 is 9.53 Å². The van der Waals surface area contributed by atoms with Gasteiger partial charge in [-0.2, -0.15) is 9.97 Å². The summed E-state index contributed by atoms with van der Waals surface area (Å²) in [4.78, 5) is 39.6. The summed E-state index contributed by atoms with van der Waals surface area (Å²) in [6, 6.07) is 0. The summed E-state index contributed by atoms with van der Waals surface area (Å²) in [5.74, 6) is 6.94. The lowest BCUT2D eigenvalue weighted by molar-refractivity contribution is -0.148. The normalized spacial score (nSPS) is 19.0. The topological polar surface area (TPSA) is 85.5 Å². The Hall–Kier alpha value is -3.02. The molecule has 9 nitrogen and oxygen atoms in total. The molecule has 2 aromatic heterocycles. The molecule has 32 heavy (non-hydrogen) atoms. The average Bonchev–Trinajstić information content (AvgIpc) is 3.19. The van der Waals surface area contributed by atoms with Gasteiger partial charge in [-0.05, 0) is 46.0 Å². The summed E-state index contributed by atoms with van der Waals surface area (Å²) in [5, 5.41) is 0. The lowest BCUT2D eigenvalue weighted by Gasteiger charge is -2.32. The van der Waals surface area contributed by atoms with Crippen LogP contribution in [0.1, 0.15) is 46.0 Å². The van der Waals surface area contributed by atoms with Crippen LogP contribution in [0.2, 0.25) is 0 Å². The fraction of sp³-hybridized carbons (Fsp3) is 0.652. The minimum atomic E-state index is -0.211. The van der Waals surface area contributed by atoms with E-state index in [-0.39, 0.29) is 17.4 Å². The number of carbonyl (C=O) groups is 1. The van der Waals surface area contributed by atoms with Crippen molar-refractivity contribution in [2.45, 2.75) is 52.5 Å². The minimum Gasteiger partial charge on any atom is -0.466 e. The van der Waals surface area contributed by atoms with Crippen LogP contribution in [0.4, 0.5) is 11.9 Å². The molecule has 2 aliphatic rings. The average molecular weight is 441 g/mol. The van der Waals surface area contributed by atoms with Gasteiger partial charge in [0.2, 0.25) is 11.9 Å². The largest absolute Gasteiger partial charge is 0.466 e. The van der Waals surface area contributed by atoms with Crippen molar-refractivity contribution in [3.63, 3.8) is 0 Å². The lowest BCUT2D eigenvalue weighted by atomic mass is 9.98. The molecule has 0 N–H and O–H groups in total. The highest BCUT2D eigenvalue weighted by Gasteiger charge is 2.30. The molecule has 4 heterocycles. The molecule has 0 bridgehead atoms. The minimum absolute atomic E-state index is 0.142. The molecule has 9 heteroatoms. The predicted octanol–water partition coefficient (Wildman–Crippen LogP) is 1.92. The SMILES string of the molecule is CC#CCn1c(N2CCCCC2)nc2nc(N3CCCC(C(=O)OCC)C3)n(C)c(=O)c21. The number of nitrogens with zero attached hydrogens (tertiary/aromatic N) is 6. The van der Waals surface area contributed by atoms with Crippen molar-refractivity contribution in [1.82, 2.24) is 19.1 Å². The van der Waals surface area contributed by atoms with Crippen LogP contribution in [0.5, 0.6) is 0 Å². The third kappa shape index (κ3) is 4.18. The van der Waals surface area contributed by atoms with E-state index in [1.807, 2.05) is 16.4 Å². The maximum absolute atomic E-state index is 13.5. The second kappa shape index (κ2) is 9.63. The Bertz CT molecular complexity index is 1100. The van der Waals surface area contributed by atoms with Crippen molar-refractivity contribution in [2.24, 2.45) is 13.0 Å². The number of ether oxygens (including phenoxy) is 1. The summed E-state index contributed by atoms with van der Waals surface area (Å²) >= 11 is 0. The Kier molecular flexibility index (Phi) is 6.68. The molecule has 0 spiro atoms. The molecule has 2 aliphatic heterocycles. The van der Waals surface area contributed by atoms with Crippen LogP contribution < -0.4 is 15.4 Å². The number of rotatable bonds is 5. The number of fused-ring (bicyclic) bond motifs is 1. The standard InChI is InChI=1S/C23H32N6O3/c1-4-6-15-29-18-19(25-23(29)27-12-8-7-9-13-27)24-22(26(3)20(18)30)28-14-10-11-17(16-28)21(31)32-5-2/h17H,5,7-16H2,1-3H3. The highest BCUT2D eigenvalue weighted by molar-refractivity contribution is 5.76. The maximum atomic E-state index is 13.5. The summed E-state index contributed by atoms with van der Waals surface area (Å²) in [7, 11) is 1.74. The molecule has 1 unspecified atom stereocenters. The van der Waals surface area contributed by atoms with Crippen molar-refractivity contribution in [3.8, 4) is 11.8 Å². The molecule has 1 atom stereocenters. The highest BCUT2D eigenvalue weighted by atomic mass is 16.5. The number of hydrogen-bond acceptors (Lipinski definition) is 7. The molecule has 172 valence electrons. The van der Waals surface area contributed by atoms with E-state index in [1.54, 1.807) is 18.5 Å². The van der Waals surface area contributed by atoms with E-state index in [2.05, 4.69) is 16.7 Å². The fourth-order valence-electron chi connectivity index (χ4n) is 4.67. The van der Waals surface area contributed by atoms with Gasteiger partial charge < -0.3 is 14.5 Å². The molecule has 0 radical (unpaired) electrons. The molecule has 0 aromatic carbocycles. The molecular formula is C23H32N6O3. The van der Waals surface area contributed by atoms with Gasteiger partial charge in [0.25, 0.3) is 5.56 Å².